The topological polar surface area (TPSA) is 51.0 Å². The van der Waals surface area contributed by atoms with Gasteiger partial charge >= 0.3 is 0 Å². The predicted octanol–water partition coefficient (Wildman–Crippen LogP) is 3.73. The van der Waals surface area contributed by atoms with E-state index in [2.05, 4.69) is 53.7 Å². The molecule has 5 nitrogen and oxygen atoms in total. The highest BCUT2D eigenvalue weighted by Gasteiger charge is 2.34. The molecule has 0 bridgehead atoms. The fourth-order valence-corrected chi connectivity index (χ4v) is 5.18. The normalized spacial score (nSPS) is 21.2. The lowest BCUT2D eigenvalue weighted by molar-refractivity contribution is -0.131. The molecule has 1 saturated heterocycles. The quantitative estimate of drug-likeness (QED) is 0.773. The molecule has 0 N–H and O–H groups in total. The molecule has 3 heterocycles. The molecule has 1 fully saturated rings. The number of hydrogen-bond donors (Lipinski definition) is 0. The molecule has 1 amide bonds. The third-order valence-electron chi connectivity index (χ3n) is 5.57. The predicted molar refractivity (Wildman–Crippen MR) is 104 cm³/mol. The van der Waals surface area contributed by atoms with E-state index in [1.807, 2.05) is 11.0 Å². The molecule has 1 atom stereocenters. The minimum atomic E-state index is -0.100. The first-order valence-corrected chi connectivity index (χ1v) is 10.4. The van der Waals surface area contributed by atoms with Crippen molar-refractivity contribution in [3.63, 3.8) is 0 Å². The zero-order valence-electron chi connectivity index (χ0n) is 15.7. The molecule has 0 radical (unpaired) electrons. The lowest BCUT2D eigenvalue weighted by Crippen LogP contribution is -2.43. The van der Waals surface area contributed by atoms with Gasteiger partial charge in [-0.15, -0.1) is 10.2 Å². The fourth-order valence-electron chi connectivity index (χ4n) is 4.20. The standard InChI is InChI=1S/C20H26N4OS/c1-14-8-6-7-11-23(14)17(25)13-26-19-22-21-18-16-10-5-4-9-15(16)12-20(2,3)24(18)19/h4-5,9-10,14H,6-8,11-13H2,1-3H3/t14-/m1/s1. The summed E-state index contributed by atoms with van der Waals surface area (Å²) in [6.45, 7) is 7.47. The van der Waals surface area contributed by atoms with Gasteiger partial charge in [0.1, 0.15) is 0 Å². The van der Waals surface area contributed by atoms with Gasteiger partial charge in [-0.2, -0.15) is 0 Å². The van der Waals surface area contributed by atoms with E-state index < -0.39 is 0 Å². The molecule has 138 valence electrons. The highest BCUT2D eigenvalue weighted by atomic mass is 32.2. The Labute approximate surface area is 159 Å². The van der Waals surface area contributed by atoms with E-state index in [0.717, 1.165) is 42.4 Å². The number of benzene rings is 1. The maximum absolute atomic E-state index is 12.7. The lowest BCUT2D eigenvalue weighted by atomic mass is 9.87. The Morgan fingerprint density at radius 3 is 2.88 bits per heavy atom. The van der Waals surface area contributed by atoms with E-state index in [9.17, 15) is 4.79 Å². The molecule has 0 saturated carbocycles. The van der Waals surface area contributed by atoms with Gasteiger partial charge in [0, 0.05) is 23.7 Å². The van der Waals surface area contributed by atoms with E-state index in [1.165, 1.54) is 23.7 Å². The van der Waals surface area contributed by atoms with Gasteiger partial charge in [0.15, 0.2) is 11.0 Å². The summed E-state index contributed by atoms with van der Waals surface area (Å²) in [6, 6.07) is 8.76. The number of likely N-dealkylation sites (tertiary alicyclic amines) is 1. The average molecular weight is 371 g/mol. The second-order valence-corrected chi connectivity index (χ2v) is 8.95. The van der Waals surface area contributed by atoms with Crippen LogP contribution in [0.5, 0.6) is 0 Å². The molecule has 4 rings (SSSR count). The van der Waals surface area contributed by atoms with Crippen LogP contribution in [0.15, 0.2) is 29.4 Å². The van der Waals surface area contributed by atoms with Crippen LogP contribution in [0.1, 0.15) is 45.6 Å². The van der Waals surface area contributed by atoms with Crippen LogP contribution in [0, 0.1) is 0 Å². The summed E-state index contributed by atoms with van der Waals surface area (Å²) < 4.78 is 2.22. The van der Waals surface area contributed by atoms with Crippen LogP contribution < -0.4 is 0 Å². The Balaban J connectivity index is 1.56. The summed E-state index contributed by atoms with van der Waals surface area (Å²) in [7, 11) is 0. The number of amides is 1. The third kappa shape index (κ3) is 3.04. The van der Waals surface area contributed by atoms with E-state index in [4.69, 9.17) is 0 Å². The Hall–Kier alpha value is -1.82. The third-order valence-corrected chi connectivity index (χ3v) is 6.48. The summed E-state index contributed by atoms with van der Waals surface area (Å²) in [6.07, 6.45) is 4.40. The molecule has 6 heteroatoms. The van der Waals surface area contributed by atoms with Crippen molar-refractivity contribution in [1.82, 2.24) is 19.7 Å². The fraction of sp³-hybridized carbons (Fsp3) is 0.550. The second kappa shape index (κ2) is 6.72. The van der Waals surface area contributed by atoms with Gasteiger partial charge in [0.05, 0.1) is 5.75 Å². The maximum atomic E-state index is 12.7. The van der Waals surface area contributed by atoms with E-state index in [1.54, 1.807) is 0 Å². The molecular formula is C20H26N4OS. The first-order valence-electron chi connectivity index (χ1n) is 9.44. The van der Waals surface area contributed by atoms with E-state index in [0.29, 0.717) is 11.8 Å². The number of thioether (sulfide) groups is 1. The van der Waals surface area contributed by atoms with Crippen molar-refractivity contribution in [3.05, 3.63) is 29.8 Å². The van der Waals surface area contributed by atoms with Crippen LogP contribution in [0.3, 0.4) is 0 Å². The Kier molecular flexibility index (Phi) is 4.55. The average Bonchev–Trinajstić information content (AvgIpc) is 3.05. The van der Waals surface area contributed by atoms with Gasteiger partial charge in [-0.1, -0.05) is 36.0 Å². The van der Waals surface area contributed by atoms with E-state index in [-0.39, 0.29) is 11.4 Å². The van der Waals surface area contributed by atoms with Crippen molar-refractivity contribution in [2.24, 2.45) is 0 Å². The minimum Gasteiger partial charge on any atom is -0.339 e. The van der Waals surface area contributed by atoms with Gasteiger partial charge in [0.25, 0.3) is 0 Å². The molecule has 0 unspecified atom stereocenters. The number of rotatable bonds is 3. The van der Waals surface area contributed by atoms with Crippen LogP contribution in [0.4, 0.5) is 0 Å². The zero-order valence-corrected chi connectivity index (χ0v) is 16.6. The first-order chi connectivity index (χ1) is 12.5. The molecule has 0 spiro atoms. The van der Waals surface area contributed by atoms with Crippen molar-refractivity contribution >= 4 is 17.7 Å². The van der Waals surface area contributed by atoms with Gasteiger partial charge < -0.3 is 4.90 Å². The molecule has 26 heavy (non-hydrogen) atoms. The maximum Gasteiger partial charge on any atom is 0.233 e. The van der Waals surface area contributed by atoms with Crippen LogP contribution in [0.25, 0.3) is 11.4 Å². The number of carbonyl (C=O) groups excluding carboxylic acids is 1. The number of nitrogens with zero attached hydrogens (tertiary/aromatic N) is 4. The molecule has 0 aliphatic carbocycles. The molecule has 2 aliphatic heterocycles. The van der Waals surface area contributed by atoms with Gasteiger partial charge in [-0.25, -0.2) is 0 Å². The summed E-state index contributed by atoms with van der Waals surface area (Å²) in [5, 5.41) is 9.74. The van der Waals surface area contributed by atoms with Crippen LogP contribution in [-0.2, 0) is 16.8 Å². The largest absolute Gasteiger partial charge is 0.339 e. The van der Waals surface area contributed by atoms with Gasteiger partial charge in [-0.05, 0) is 52.0 Å². The SMILES string of the molecule is C[C@@H]1CCCCN1C(=O)CSc1nnc2n1C(C)(C)Cc1ccccc1-2. The monoisotopic (exact) mass is 370 g/mol. The number of fused-ring (bicyclic) bond motifs is 3. The number of hydrogen-bond acceptors (Lipinski definition) is 4. The highest BCUT2D eigenvalue weighted by molar-refractivity contribution is 7.99. The second-order valence-electron chi connectivity index (χ2n) is 8.01. The summed E-state index contributed by atoms with van der Waals surface area (Å²) in [4.78, 5) is 14.7. The molecular weight excluding hydrogens is 344 g/mol. The molecule has 2 aromatic rings. The van der Waals surface area contributed by atoms with Crippen molar-refractivity contribution in [2.45, 2.75) is 63.2 Å². The Morgan fingerprint density at radius 2 is 2.08 bits per heavy atom. The van der Waals surface area contributed by atoms with Crippen molar-refractivity contribution in [1.29, 1.82) is 0 Å². The van der Waals surface area contributed by atoms with Crippen LogP contribution in [-0.4, -0.2) is 43.9 Å². The summed E-state index contributed by atoms with van der Waals surface area (Å²) in [5.41, 5.74) is 2.37. The van der Waals surface area contributed by atoms with Gasteiger partial charge in [-0.3, -0.25) is 9.36 Å². The van der Waals surface area contributed by atoms with Gasteiger partial charge in [0.2, 0.25) is 5.91 Å². The first kappa shape index (κ1) is 17.6. The zero-order chi connectivity index (χ0) is 18.3. The summed E-state index contributed by atoms with van der Waals surface area (Å²) in [5.74, 6) is 1.56. The summed E-state index contributed by atoms with van der Waals surface area (Å²) >= 11 is 1.52. The number of carbonyl (C=O) groups is 1. The van der Waals surface area contributed by atoms with Crippen molar-refractivity contribution in [3.8, 4) is 11.4 Å². The van der Waals surface area contributed by atoms with Crippen molar-refractivity contribution < 1.29 is 4.79 Å². The molecule has 2 aliphatic rings. The van der Waals surface area contributed by atoms with Crippen LogP contribution in [0.2, 0.25) is 0 Å². The van der Waals surface area contributed by atoms with E-state index >= 15 is 0 Å². The number of aromatic nitrogens is 3. The molecule has 1 aromatic carbocycles. The smallest absolute Gasteiger partial charge is 0.233 e. The molecule has 1 aromatic heterocycles. The Morgan fingerprint density at radius 1 is 1.27 bits per heavy atom. The lowest BCUT2D eigenvalue weighted by Gasteiger charge is -2.35. The highest BCUT2D eigenvalue weighted by Crippen LogP contribution is 2.39. The van der Waals surface area contributed by atoms with Crippen molar-refractivity contribution in [2.75, 3.05) is 12.3 Å². The number of piperidine rings is 1. The Bertz CT molecular complexity index is 829. The van der Waals surface area contributed by atoms with Crippen LogP contribution >= 0.6 is 11.8 Å². The minimum absolute atomic E-state index is 0.100.